The zero-order chi connectivity index (χ0) is 32.9. The first-order chi connectivity index (χ1) is 22.6. The van der Waals surface area contributed by atoms with E-state index in [4.69, 9.17) is 4.52 Å². The van der Waals surface area contributed by atoms with Gasteiger partial charge in [0.15, 0.2) is 0 Å². The minimum atomic E-state index is -4.53. The molecule has 0 unspecified atom stereocenters. The van der Waals surface area contributed by atoms with Crippen molar-refractivity contribution in [3.8, 4) is 0 Å². The molecule has 4 aliphatic rings. The van der Waals surface area contributed by atoms with Crippen LogP contribution in [0.5, 0.6) is 0 Å². The van der Waals surface area contributed by atoms with Crippen molar-refractivity contribution < 1.29 is 32.1 Å². The maximum absolute atomic E-state index is 14.3. The van der Waals surface area contributed by atoms with Crippen LogP contribution in [0.1, 0.15) is 67.9 Å². The van der Waals surface area contributed by atoms with E-state index >= 15 is 0 Å². The van der Waals surface area contributed by atoms with Gasteiger partial charge >= 0.3 is 6.18 Å². The maximum Gasteiger partial charge on any atom is 0.408 e. The summed E-state index contributed by atoms with van der Waals surface area (Å²) in [4.78, 5) is 44.2. The molecule has 0 bridgehead atoms. The van der Waals surface area contributed by atoms with E-state index in [1.54, 1.807) is 10.9 Å². The molecule has 3 amide bonds. The molecule has 3 aromatic rings. The number of carbonyl (C=O) groups excluding carboxylic acids is 3. The number of hydrogen-bond donors (Lipinski definition) is 2. The molecule has 252 valence electrons. The average molecular weight is 656 g/mol. The van der Waals surface area contributed by atoms with E-state index in [0.717, 1.165) is 45.7 Å². The van der Waals surface area contributed by atoms with E-state index in [2.05, 4.69) is 20.9 Å². The molecule has 0 spiro atoms. The van der Waals surface area contributed by atoms with Gasteiger partial charge in [-0.1, -0.05) is 11.2 Å². The van der Waals surface area contributed by atoms with Gasteiger partial charge in [0.1, 0.15) is 17.8 Å². The van der Waals surface area contributed by atoms with E-state index < -0.39 is 42.0 Å². The van der Waals surface area contributed by atoms with Crippen molar-refractivity contribution in [1.82, 2.24) is 35.4 Å². The van der Waals surface area contributed by atoms with Crippen LogP contribution in [0.3, 0.4) is 0 Å². The zero-order valence-corrected chi connectivity index (χ0v) is 26.3. The highest BCUT2D eigenvalue weighted by atomic mass is 19.4. The van der Waals surface area contributed by atoms with Crippen LogP contribution < -0.4 is 10.6 Å². The fourth-order valence-corrected chi connectivity index (χ4v) is 7.65. The monoisotopic (exact) mass is 655 g/mol. The lowest BCUT2D eigenvalue weighted by molar-refractivity contribution is -0.185. The number of nitrogens with zero attached hydrogens (tertiary/aromatic N) is 5. The highest BCUT2D eigenvalue weighted by Gasteiger charge is 2.51. The average Bonchev–Trinajstić information content (AvgIpc) is 3.41. The Bertz CT molecular complexity index is 1650. The number of nitrogens with one attached hydrogen (secondary N) is 2. The number of alkyl halides is 3. The molecule has 4 fully saturated rings. The number of hydrogen-bond acceptors (Lipinski definition) is 7. The van der Waals surface area contributed by atoms with Crippen LogP contribution in [0.2, 0.25) is 0 Å². The Hall–Kier alpha value is -3.94. The van der Waals surface area contributed by atoms with Crippen LogP contribution in [0.25, 0.3) is 10.9 Å². The predicted octanol–water partition coefficient (Wildman–Crippen LogP) is 3.44. The number of fused-ring (bicyclic) bond motifs is 1. The van der Waals surface area contributed by atoms with Gasteiger partial charge in [-0.3, -0.25) is 19.1 Å². The molecule has 47 heavy (non-hydrogen) atoms. The minimum Gasteiger partial charge on any atom is -0.361 e. The zero-order valence-electron chi connectivity index (χ0n) is 26.3. The van der Waals surface area contributed by atoms with Crippen molar-refractivity contribution in [2.24, 2.45) is 18.9 Å². The lowest BCUT2D eigenvalue weighted by Gasteiger charge is -2.38. The molecule has 5 atom stereocenters. The third kappa shape index (κ3) is 6.48. The molecule has 1 aliphatic carbocycles. The van der Waals surface area contributed by atoms with Gasteiger partial charge in [-0.2, -0.15) is 18.3 Å². The predicted molar refractivity (Wildman–Crippen MR) is 164 cm³/mol. The number of benzene rings is 1. The number of likely N-dealkylation sites (tertiary alicyclic amines) is 2. The first kappa shape index (κ1) is 31.6. The van der Waals surface area contributed by atoms with Crippen molar-refractivity contribution in [3.05, 3.63) is 47.5 Å². The van der Waals surface area contributed by atoms with Gasteiger partial charge in [0, 0.05) is 44.1 Å². The topological polar surface area (TPSA) is 126 Å². The fourth-order valence-electron chi connectivity index (χ4n) is 7.65. The summed E-state index contributed by atoms with van der Waals surface area (Å²) >= 11 is 0. The number of aromatic nitrogens is 3. The second kappa shape index (κ2) is 12.6. The molecule has 2 aromatic heterocycles. The summed E-state index contributed by atoms with van der Waals surface area (Å²) in [5.41, 5.74) is 2.62. The first-order valence-electron chi connectivity index (χ1n) is 16.6. The third-order valence-electron chi connectivity index (χ3n) is 10.3. The Morgan fingerprint density at radius 2 is 1.89 bits per heavy atom. The second-order valence-electron chi connectivity index (χ2n) is 13.6. The summed E-state index contributed by atoms with van der Waals surface area (Å²) in [6.45, 7) is 0.981. The number of halogens is 3. The standard InChI is InChI=1S/C33H40F3N7O4/c1-41-25-9-6-19(12-22(25)17-39-41)16-38-30(44)26-14-20(13-23-15-27(47-40-23)21-7-8-21)18-43(26)32(46)29-24(4-2-10-37-29)31(45)42-11-3-5-28(42)33(34,35)36/h6,9,12,15,17,20-21,24,26,28-29,37H,2-5,7-8,10-11,13-14,16,18H2,1H3,(H,38,44)/t20-,24+,26+,28-,29-/m1/s1. The van der Waals surface area contributed by atoms with Crippen LogP contribution in [0.4, 0.5) is 13.2 Å². The van der Waals surface area contributed by atoms with Crippen LogP contribution in [-0.2, 0) is 34.4 Å². The molecular weight excluding hydrogens is 615 g/mol. The molecule has 5 heterocycles. The van der Waals surface area contributed by atoms with E-state index in [-0.39, 0.29) is 44.3 Å². The van der Waals surface area contributed by atoms with E-state index in [9.17, 15) is 27.6 Å². The number of amides is 3. The summed E-state index contributed by atoms with van der Waals surface area (Å²) in [5.74, 6) is -1.16. The molecule has 11 nitrogen and oxygen atoms in total. The highest BCUT2D eigenvalue weighted by Crippen LogP contribution is 2.41. The molecule has 3 aliphatic heterocycles. The quantitative estimate of drug-likeness (QED) is 0.381. The number of rotatable bonds is 8. The van der Waals surface area contributed by atoms with Crippen molar-refractivity contribution in [3.63, 3.8) is 0 Å². The lowest BCUT2D eigenvalue weighted by atomic mass is 9.88. The second-order valence-corrected chi connectivity index (χ2v) is 13.6. The summed E-state index contributed by atoms with van der Waals surface area (Å²) < 4.78 is 48.6. The summed E-state index contributed by atoms with van der Waals surface area (Å²) in [7, 11) is 1.86. The van der Waals surface area contributed by atoms with Gasteiger partial charge in [-0.15, -0.1) is 0 Å². The molecule has 1 aromatic carbocycles. The van der Waals surface area contributed by atoms with Crippen molar-refractivity contribution in [2.75, 3.05) is 19.6 Å². The van der Waals surface area contributed by atoms with Crippen LogP contribution >= 0.6 is 0 Å². The normalized spacial score (nSPS) is 26.7. The summed E-state index contributed by atoms with van der Waals surface area (Å²) in [6, 6.07) is 4.11. The Morgan fingerprint density at radius 1 is 1.06 bits per heavy atom. The van der Waals surface area contributed by atoms with Gasteiger partial charge in [0.2, 0.25) is 17.7 Å². The Kier molecular flexibility index (Phi) is 8.48. The van der Waals surface area contributed by atoms with Gasteiger partial charge < -0.3 is 25.0 Å². The van der Waals surface area contributed by atoms with Crippen molar-refractivity contribution >= 4 is 28.6 Å². The van der Waals surface area contributed by atoms with Crippen LogP contribution in [-0.4, -0.2) is 86.4 Å². The van der Waals surface area contributed by atoms with Crippen molar-refractivity contribution in [2.45, 2.75) is 88.1 Å². The smallest absolute Gasteiger partial charge is 0.361 e. The largest absolute Gasteiger partial charge is 0.408 e. The summed E-state index contributed by atoms with van der Waals surface area (Å²) in [5, 5.41) is 15.6. The molecule has 2 N–H and O–H groups in total. The molecular formula is C33H40F3N7O4. The molecule has 0 radical (unpaired) electrons. The van der Waals surface area contributed by atoms with Crippen LogP contribution in [0.15, 0.2) is 35.0 Å². The number of carbonyl (C=O) groups is 3. The van der Waals surface area contributed by atoms with Gasteiger partial charge in [0.25, 0.3) is 0 Å². The number of aryl methyl sites for hydroxylation is 1. The molecule has 14 heteroatoms. The van der Waals surface area contributed by atoms with E-state index in [0.29, 0.717) is 38.1 Å². The molecule has 1 saturated carbocycles. The SMILES string of the molecule is Cn1ncc2cc(CNC(=O)[C@@H]3C[C@@H](Cc4cc(C5CC5)on4)CN3C(=O)[C@@H]3NCCC[C@@H]3C(=O)N3CCC[C@@H]3C(F)(F)F)ccc21. The van der Waals surface area contributed by atoms with Crippen LogP contribution in [0, 0.1) is 11.8 Å². The Labute approximate surface area is 270 Å². The Morgan fingerprint density at radius 3 is 2.68 bits per heavy atom. The Balaban J connectivity index is 1.09. The third-order valence-corrected chi connectivity index (χ3v) is 10.3. The minimum absolute atomic E-state index is 0.0165. The highest BCUT2D eigenvalue weighted by molar-refractivity contribution is 5.94. The van der Waals surface area contributed by atoms with Gasteiger partial charge in [0.05, 0.1) is 29.4 Å². The number of piperidine rings is 1. The van der Waals surface area contributed by atoms with E-state index in [1.807, 2.05) is 31.3 Å². The fraction of sp³-hybridized carbons (Fsp3) is 0.606. The maximum atomic E-state index is 14.3. The van der Waals surface area contributed by atoms with Gasteiger partial charge in [-0.25, -0.2) is 0 Å². The lowest BCUT2D eigenvalue weighted by Crippen LogP contribution is -2.60. The van der Waals surface area contributed by atoms with E-state index in [1.165, 1.54) is 4.90 Å². The van der Waals surface area contributed by atoms with Crippen molar-refractivity contribution in [1.29, 1.82) is 0 Å². The molecule has 7 rings (SSSR count). The van der Waals surface area contributed by atoms with Gasteiger partial charge in [-0.05, 0) is 81.5 Å². The first-order valence-corrected chi connectivity index (χ1v) is 16.6. The molecule has 3 saturated heterocycles. The summed E-state index contributed by atoms with van der Waals surface area (Å²) in [6.07, 6.45) is 1.28.